The molecule has 0 aromatic heterocycles. The van der Waals surface area contributed by atoms with Crippen molar-refractivity contribution in [2.45, 2.75) is 110 Å². The van der Waals surface area contributed by atoms with E-state index in [1.54, 1.807) is 0 Å². The molecule has 0 aromatic rings. The Morgan fingerprint density at radius 3 is 2.04 bits per heavy atom. The molecule has 0 aromatic carbocycles. The molecule has 0 N–H and O–H groups in total. The van der Waals surface area contributed by atoms with Crippen molar-refractivity contribution in [1.82, 2.24) is 4.90 Å². The van der Waals surface area contributed by atoms with Crippen molar-refractivity contribution >= 4 is 5.97 Å². The maximum atomic E-state index is 11.7. The standard InChI is InChI=1S/C24H45NO3/c1-4-7-8-12-15-22-18-19-23(28-22)16-13-10-9-11-14-17-24(26)27-21-20-25(5-2)6-3/h18-19,22-23H,4-17,20-21H2,1-3H3. The van der Waals surface area contributed by atoms with E-state index in [0.29, 0.717) is 25.2 Å². The summed E-state index contributed by atoms with van der Waals surface area (Å²) >= 11 is 0. The highest BCUT2D eigenvalue weighted by molar-refractivity contribution is 5.69. The summed E-state index contributed by atoms with van der Waals surface area (Å²) in [6, 6.07) is 0. The predicted molar refractivity (Wildman–Crippen MR) is 118 cm³/mol. The van der Waals surface area contributed by atoms with Gasteiger partial charge in [0.05, 0.1) is 12.2 Å². The van der Waals surface area contributed by atoms with Crippen LogP contribution in [0.5, 0.6) is 0 Å². The fraction of sp³-hybridized carbons (Fsp3) is 0.875. The number of hydrogen-bond donors (Lipinski definition) is 0. The lowest BCUT2D eigenvalue weighted by molar-refractivity contribution is -0.144. The van der Waals surface area contributed by atoms with Crippen LogP contribution in [0.1, 0.15) is 97.8 Å². The summed E-state index contributed by atoms with van der Waals surface area (Å²) in [4.78, 5) is 14.0. The Morgan fingerprint density at radius 2 is 1.43 bits per heavy atom. The Balaban J connectivity index is 1.89. The molecule has 0 radical (unpaired) electrons. The van der Waals surface area contributed by atoms with Gasteiger partial charge in [0.2, 0.25) is 0 Å². The van der Waals surface area contributed by atoms with Gasteiger partial charge in [-0.2, -0.15) is 0 Å². The van der Waals surface area contributed by atoms with Crippen molar-refractivity contribution in [3.05, 3.63) is 12.2 Å². The molecular formula is C24H45NO3. The molecule has 0 amide bonds. The minimum Gasteiger partial charge on any atom is -0.464 e. The van der Waals surface area contributed by atoms with E-state index in [2.05, 4.69) is 37.8 Å². The lowest BCUT2D eigenvalue weighted by Gasteiger charge is -2.17. The Kier molecular flexibility index (Phi) is 15.3. The molecule has 1 heterocycles. The molecule has 0 bridgehead atoms. The Labute approximate surface area is 174 Å². The molecule has 0 aliphatic carbocycles. The maximum Gasteiger partial charge on any atom is 0.305 e. The second-order valence-electron chi connectivity index (χ2n) is 8.00. The first-order valence-corrected chi connectivity index (χ1v) is 11.9. The monoisotopic (exact) mass is 395 g/mol. The van der Waals surface area contributed by atoms with Gasteiger partial charge in [-0.05, 0) is 32.4 Å². The minimum absolute atomic E-state index is 0.0402. The molecule has 0 saturated heterocycles. The van der Waals surface area contributed by atoms with Crippen LogP contribution in [0.3, 0.4) is 0 Å². The maximum absolute atomic E-state index is 11.7. The summed E-state index contributed by atoms with van der Waals surface area (Å²) < 4.78 is 11.4. The summed E-state index contributed by atoms with van der Waals surface area (Å²) in [6.45, 7) is 9.90. The van der Waals surface area contributed by atoms with Crippen LogP contribution in [0.4, 0.5) is 0 Å². The van der Waals surface area contributed by atoms with Gasteiger partial charge in [-0.15, -0.1) is 0 Å². The number of carbonyl (C=O) groups excluding carboxylic acids is 1. The van der Waals surface area contributed by atoms with Gasteiger partial charge in [0.25, 0.3) is 0 Å². The van der Waals surface area contributed by atoms with Crippen LogP contribution in [-0.4, -0.2) is 49.3 Å². The third-order valence-corrected chi connectivity index (χ3v) is 5.67. The van der Waals surface area contributed by atoms with E-state index in [0.717, 1.165) is 38.9 Å². The quantitative estimate of drug-likeness (QED) is 0.165. The number of carbonyl (C=O) groups is 1. The lowest BCUT2D eigenvalue weighted by Crippen LogP contribution is -2.27. The first-order valence-electron chi connectivity index (χ1n) is 11.9. The second-order valence-corrected chi connectivity index (χ2v) is 8.00. The topological polar surface area (TPSA) is 38.8 Å². The van der Waals surface area contributed by atoms with Gasteiger partial charge in [0, 0.05) is 13.0 Å². The number of unbranched alkanes of at least 4 members (excludes halogenated alkanes) is 7. The molecule has 0 spiro atoms. The number of nitrogens with zero attached hydrogens (tertiary/aromatic N) is 1. The number of hydrogen-bond acceptors (Lipinski definition) is 4. The Hall–Kier alpha value is -0.870. The van der Waals surface area contributed by atoms with Crippen molar-refractivity contribution in [3.8, 4) is 0 Å². The summed E-state index contributed by atoms with van der Waals surface area (Å²) in [6.07, 6.45) is 19.0. The van der Waals surface area contributed by atoms with E-state index >= 15 is 0 Å². The first-order chi connectivity index (χ1) is 13.7. The van der Waals surface area contributed by atoms with Crippen LogP contribution >= 0.6 is 0 Å². The molecule has 164 valence electrons. The number of likely N-dealkylation sites (N-methyl/N-ethyl adjacent to an activating group) is 1. The van der Waals surface area contributed by atoms with Crippen LogP contribution in [-0.2, 0) is 14.3 Å². The molecule has 4 heteroatoms. The molecule has 1 aliphatic heterocycles. The van der Waals surface area contributed by atoms with Gasteiger partial charge in [-0.3, -0.25) is 4.79 Å². The molecule has 1 aliphatic rings. The van der Waals surface area contributed by atoms with Crippen LogP contribution in [0.15, 0.2) is 12.2 Å². The zero-order valence-corrected chi connectivity index (χ0v) is 18.8. The summed E-state index contributed by atoms with van der Waals surface area (Å²) in [5, 5.41) is 0. The second kappa shape index (κ2) is 17.0. The summed E-state index contributed by atoms with van der Waals surface area (Å²) in [5.74, 6) is -0.0402. The van der Waals surface area contributed by atoms with Crippen LogP contribution in [0.2, 0.25) is 0 Å². The third-order valence-electron chi connectivity index (χ3n) is 5.67. The molecule has 28 heavy (non-hydrogen) atoms. The summed E-state index contributed by atoms with van der Waals surface area (Å²) in [5.41, 5.74) is 0. The van der Waals surface area contributed by atoms with Crippen LogP contribution < -0.4 is 0 Å². The first kappa shape index (κ1) is 25.2. The largest absolute Gasteiger partial charge is 0.464 e. The normalized spacial score (nSPS) is 18.9. The van der Waals surface area contributed by atoms with Gasteiger partial charge >= 0.3 is 5.97 Å². The average Bonchev–Trinajstić information content (AvgIpc) is 3.15. The van der Waals surface area contributed by atoms with Crippen molar-refractivity contribution in [1.29, 1.82) is 0 Å². The van der Waals surface area contributed by atoms with Crippen molar-refractivity contribution in [2.75, 3.05) is 26.2 Å². The van der Waals surface area contributed by atoms with Crippen LogP contribution in [0, 0.1) is 0 Å². The third kappa shape index (κ3) is 12.6. The zero-order valence-electron chi connectivity index (χ0n) is 18.8. The van der Waals surface area contributed by atoms with Gasteiger partial charge in [0.1, 0.15) is 6.61 Å². The van der Waals surface area contributed by atoms with E-state index in [9.17, 15) is 4.79 Å². The lowest BCUT2D eigenvalue weighted by atomic mass is 10.1. The fourth-order valence-corrected chi connectivity index (χ4v) is 3.71. The predicted octanol–water partition coefficient (Wildman–Crippen LogP) is 5.90. The van der Waals surface area contributed by atoms with Crippen molar-refractivity contribution < 1.29 is 14.3 Å². The summed E-state index contributed by atoms with van der Waals surface area (Å²) in [7, 11) is 0. The molecule has 1 rings (SSSR count). The van der Waals surface area contributed by atoms with E-state index in [-0.39, 0.29) is 5.97 Å². The molecular weight excluding hydrogens is 350 g/mol. The van der Waals surface area contributed by atoms with Gasteiger partial charge < -0.3 is 14.4 Å². The van der Waals surface area contributed by atoms with E-state index in [1.807, 2.05) is 0 Å². The van der Waals surface area contributed by atoms with Crippen molar-refractivity contribution in [3.63, 3.8) is 0 Å². The van der Waals surface area contributed by atoms with Crippen molar-refractivity contribution in [2.24, 2.45) is 0 Å². The van der Waals surface area contributed by atoms with E-state index < -0.39 is 0 Å². The van der Waals surface area contributed by atoms with Gasteiger partial charge in [-0.25, -0.2) is 0 Å². The highest BCUT2D eigenvalue weighted by atomic mass is 16.5. The van der Waals surface area contributed by atoms with Gasteiger partial charge in [0.15, 0.2) is 0 Å². The van der Waals surface area contributed by atoms with E-state index in [4.69, 9.17) is 9.47 Å². The minimum atomic E-state index is -0.0402. The molecule has 2 atom stereocenters. The molecule has 0 fully saturated rings. The number of esters is 1. The van der Waals surface area contributed by atoms with Gasteiger partial charge in [-0.1, -0.05) is 84.3 Å². The Morgan fingerprint density at radius 1 is 0.857 bits per heavy atom. The highest BCUT2D eigenvalue weighted by Crippen LogP contribution is 2.21. The zero-order chi connectivity index (χ0) is 20.5. The van der Waals surface area contributed by atoms with E-state index in [1.165, 1.54) is 51.4 Å². The molecule has 4 nitrogen and oxygen atoms in total. The van der Waals surface area contributed by atoms with Crippen LogP contribution in [0.25, 0.3) is 0 Å². The fourth-order valence-electron chi connectivity index (χ4n) is 3.71. The highest BCUT2D eigenvalue weighted by Gasteiger charge is 2.18. The SMILES string of the molecule is CCCCCCC1C=CC(CCCCCCCC(=O)OCCN(CC)CC)O1. The average molecular weight is 396 g/mol. The molecule has 0 saturated carbocycles. The Bertz CT molecular complexity index is 407. The number of ether oxygens (including phenoxy) is 2. The number of rotatable bonds is 18. The smallest absolute Gasteiger partial charge is 0.305 e. The molecule has 2 unspecified atom stereocenters.